The summed E-state index contributed by atoms with van der Waals surface area (Å²) in [5, 5.41) is 2.97. The molecule has 1 saturated heterocycles. The van der Waals surface area contributed by atoms with Crippen molar-refractivity contribution in [3.05, 3.63) is 17.7 Å². The molecule has 0 bridgehead atoms. The number of benzene rings is 1. The Bertz CT molecular complexity index is 552. The topological polar surface area (TPSA) is 60.0 Å². The van der Waals surface area contributed by atoms with E-state index in [1.165, 1.54) is 25.9 Å². The van der Waals surface area contributed by atoms with Gasteiger partial charge in [-0.25, -0.2) is 0 Å². The number of amides is 1. The van der Waals surface area contributed by atoms with Crippen LogP contribution in [0.2, 0.25) is 0 Å². The maximum absolute atomic E-state index is 12.4. The van der Waals surface area contributed by atoms with E-state index in [0.29, 0.717) is 29.4 Å². The van der Waals surface area contributed by atoms with Crippen molar-refractivity contribution in [2.45, 2.75) is 26.2 Å². The van der Waals surface area contributed by atoms with Gasteiger partial charge in [-0.2, -0.15) is 0 Å². The molecule has 1 atom stereocenters. The molecule has 6 nitrogen and oxygen atoms in total. The van der Waals surface area contributed by atoms with Crippen LogP contribution < -0.4 is 19.5 Å². The highest BCUT2D eigenvalue weighted by Gasteiger charge is 2.18. The zero-order valence-corrected chi connectivity index (χ0v) is 15.8. The Morgan fingerprint density at radius 3 is 2.44 bits per heavy atom. The smallest absolute Gasteiger partial charge is 0.251 e. The molecule has 0 radical (unpaired) electrons. The lowest BCUT2D eigenvalue weighted by atomic mass is 10.0. The molecule has 1 aromatic carbocycles. The molecule has 1 unspecified atom stereocenters. The number of carbonyl (C=O) groups is 1. The van der Waals surface area contributed by atoms with E-state index in [2.05, 4.69) is 17.1 Å². The first-order valence-corrected chi connectivity index (χ1v) is 8.89. The molecule has 25 heavy (non-hydrogen) atoms. The molecule has 1 N–H and O–H groups in total. The lowest BCUT2D eigenvalue weighted by molar-refractivity contribution is 0.0949. The van der Waals surface area contributed by atoms with Crippen LogP contribution in [0.15, 0.2) is 12.1 Å². The van der Waals surface area contributed by atoms with E-state index in [-0.39, 0.29) is 5.91 Å². The fourth-order valence-corrected chi connectivity index (χ4v) is 3.31. The number of ether oxygens (including phenoxy) is 3. The van der Waals surface area contributed by atoms with Gasteiger partial charge in [0.15, 0.2) is 11.5 Å². The van der Waals surface area contributed by atoms with E-state index >= 15 is 0 Å². The van der Waals surface area contributed by atoms with E-state index in [4.69, 9.17) is 14.2 Å². The minimum absolute atomic E-state index is 0.133. The normalized spacial score (nSPS) is 17.8. The van der Waals surface area contributed by atoms with E-state index in [9.17, 15) is 4.79 Å². The summed E-state index contributed by atoms with van der Waals surface area (Å²) in [6.45, 7) is 6.32. The summed E-state index contributed by atoms with van der Waals surface area (Å²) >= 11 is 0. The van der Waals surface area contributed by atoms with Crippen LogP contribution in [-0.4, -0.2) is 58.3 Å². The average Bonchev–Trinajstić information content (AvgIpc) is 2.63. The van der Waals surface area contributed by atoms with Gasteiger partial charge in [-0.3, -0.25) is 4.79 Å². The first kappa shape index (κ1) is 19.4. The highest BCUT2D eigenvalue weighted by molar-refractivity contribution is 5.95. The summed E-state index contributed by atoms with van der Waals surface area (Å²) in [6, 6.07) is 3.34. The third-order valence-corrected chi connectivity index (χ3v) is 4.60. The first-order valence-electron chi connectivity index (χ1n) is 8.89. The van der Waals surface area contributed by atoms with Crippen molar-refractivity contribution in [2.24, 2.45) is 5.92 Å². The SMILES string of the molecule is COc1cc(C(=O)NCCCN2CCCC(C)C2)cc(OC)c1OC. The van der Waals surface area contributed by atoms with Gasteiger partial charge in [0.1, 0.15) is 0 Å². The maximum Gasteiger partial charge on any atom is 0.251 e. The summed E-state index contributed by atoms with van der Waals surface area (Å²) < 4.78 is 15.9. The standard InChI is InChI=1S/C19H30N2O4/c1-14-7-5-9-21(13-14)10-6-8-20-19(22)15-11-16(23-2)18(25-4)17(12-15)24-3/h11-12,14H,5-10,13H2,1-4H3,(H,20,22). The number of carbonyl (C=O) groups excluding carboxylic acids is 1. The zero-order chi connectivity index (χ0) is 18.2. The van der Waals surface area contributed by atoms with Crippen molar-refractivity contribution in [1.82, 2.24) is 10.2 Å². The predicted octanol–water partition coefficient (Wildman–Crippen LogP) is 2.56. The predicted molar refractivity (Wildman–Crippen MR) is 97.9 cm³/mol. The zero-order valence-electron chi connectivity index (χ0n) is 15.8. The van der Waals surface area contributed by atoms with E-state index in [1.807, 2.05) is 0 Å². The lowest BCUT2D eigenvalue weighted by Gasteiger charge is -2.30. The number of nitrogens with one attached hydrogen (secondary N) is 1. The third-order valence-electron chi connectivity index (χ3n) is 4.60. The highest BCUT2D eigenvalue weighted by Crippen LogP contribution is 2.38. The molecule has 6 heteroatoms. The number of nitrogens with zero attached hydrogens (tertiary/aromatic N) is 1. The van der Waals surface area contributed by atoms with Crippen molar-refractivity contribution in [1.29, 1.82) is 0 Å². The molecule has 0 saturated carbocycles. The number of hydrogen-bond acceptors (Lipinski definition) is 5. The van der Waals surface area contributed by atoms with Crippen LogP contribution in [0.3, 0.4) is 0 Å². The molecular formula is C19H30N2O4. The number of hydrogen-bond donors (Lipinski definition) is 1. The molecule has 0 aliphatic carbocycles. The second-order valence-electron chi connectivity index (χ2n) is 6.57. The molecule has 1 heterocycles. The van der Waals surface area contributed by atoms with Crippen molar-refractivity contribution < 1.29 is 19.0 Å². The van der Waals surface area contributed by atoms with Crippen LogP contribution in [0.5, 0.6) is 17.2 Å². The van der Waals surface area contributed by atoms with Gasteiger partial charge in [0.05, 0.1) is 21.3 Å². The second-order valence-corrected chi connectivity index (χ2v) is 6.57. The molecule has 1 aromatic rings. The van der Waals surface area contributed by atoms with Crippen LogP contribution in [0.4, 0.5) is 0 Å². The van der Waals surface area contributed by atoms with Gasteiger partial charge in [-0.15, -0.1) is 0 Å². The Kier molecular flexibility index (Phi) is 7.37. The van der Waals surface area contributed by atoms with Crippen LogP contribution in [0.1, 0.15) is 36.5 Å². The summed E-state index contributed by atoms with van der Waals surface area (Å²) in [6.07, 6.45) is 3.55. The van der Waals surface area contributed by atoms with Crippen molar-refractivity contribution in [3.63, 3.8) is 0 Å². The minimum atomic E-state index is -0.133. The van der Waals surface area contributed by atoms with E-state index < -0.39 is 0 Å². The van der Waals surface area contributed by atoms with Gasteiger partial charge < -0.3 is 24.4 Å². The average molecular weight is 350 g/mol. The molecule has 1 aliphatic rings. The largest absolute Gasteiger partial charge is 0.493 e. The van der Waals surface area contributed by atoms with Gasteiger partial charge in [-0.1, -0.05) is 6.92 Å². The summed E-state index contributed by atoms with van der Waals surface area (Å²) in [4.78, 5) is 14.9. The van der Waals surface area contributed by atoms with Crippen molar-refractivity contribution in [3.8, 4) is 17.2 Å². The fraction of sp³-hybridized carbons (Fsp3) is 0.632. The number of piperidine rings is 1. The first-order chi connectivity index (χ1) is 12.1. The van der Waals surface area contributed by atoms with Crippen LogP contribution >= 0.6 is 0 Å². The molecule has 140 valence electrons. The molecule has 0 spiro atoms. The monoisotopic (exact) mass is 350 g/mol. The van der Waals surface area contributed by atoms with Gasteiger partial charge in [0.2, 0.25) is 5.75 Å². The lowest BCUT2D eigenvalue weighted by Crippen LogP contribution is -2.36. The molecule has 2 rings (SSSR count). The Morgan fingerprint density at radius 2 is 1.88 bits per heavy atom. The van der Waals surface area contributed by atoms with Crippen molar-refractivity contribution >= 4 is 5.91 Å². The Morgan fingerprint density at radius 1 is 1.20 bits per heavy atom. The third kappa shape index (κ3) is 5.26. The Hall–Kier alpha value is -1.95. The summed E-state index contributed by atoms with van der Waals surface area (Å²) in [5.74, 6) is 2.10. The van der Waals surface area contributed by atoms with E-state index in [1.54, 1.807) is 33.5 Å². The molecule has 1 aliphatic heterocycles. The second kappa shape index (κ2) is 9.51. The molecular weight excluding hydrogens is 320 g/mol. The van der Waals surface area contributed by atoms with Crippen LogP contribution in [0.25, 0.3) is 0 Å². The highest BCUT2D eigenvalue weighted by atomic mass is 16.5. The summed E-state index contributed by atoms with van der Waals surface area (Å²) in [5.41, 5.74) is 0.501. The van der Waals surface area contributed by atoms with Gasteiger partial charge >= 0.3 is 0 Å². The van der Waals surface area contributed by atoms with Crippen LogP contribution in [0, 0.1) is 5.92 Å². The minimum Gasteiger partial charge on any atom is -0.493 e. The van der Waals surface area contributed by atoms with Gasteiger partial charge in [-0.05, 0) is 50.4 Å². The summed E-state index contributed by atoms with van der Waals surface area (Å²) in [7, 11) is 4.62. The molecule has 1 amide bonds. The fourth-order valence-electron chi connectivity index (χ4n) is 3.31. The molecule has 1 fully saturated rings. The maximum atomic E-state index is 12.4. The Balaban J connectivity index is 1.88. The number of methoxy groups -OCH3 is 3. The van der Waals surface area contributed by atoms with Crippen LogP contribution in [-0.2, 0) is 0 Å². The van der Waals surface area contributed by atoms with E-state index in [0.717, 1.165) is 18.9 Å². The van der Waals surface area contributed by atoms with Crippen molar-refractivity contribution in [2.75, 3.05) is 47.5 Å². The van der Waals surface area contributed by atoms with Gasteiger partial charge in [0, 0.05) is 18.7 Å². The molecule has 0 aromatic heterocycles. The van der Waals surface area contributed by atoms with Gasteiger partial charge in [0.25, 0.3) is 5.91 Å². The number of likely N-dealkylation sites (tertiary alicyclic amines) is 1. The Labute approximate surface area is 150 Å². The number of rotatable bonds is 8. The quantitative estimate of drug-likeness (QED) is 0.730.